The fourth-order valence-corrected chi connectivity index (χ4v) is 2.37. The molecular formula is C13H21N3O2S. The minimum atomic E-state index is -0.349. The van der Waals surface area contributed by atoms with E-state index >= 15 is 0 Å². The van der Waals surface area contributed by atoms with E-state index in [1.165, 1.54) is 4.68 Å². The van der Waals surface area contributed by atoms with Crippen LogP contribution in [0.15, 0.2) is 4.79 Å². The highest BCUT2D eigenvalue weighted by atomic mass is 32.2. The van der Waals surface area contributed by atoms with Gasteiger partial charge in [0.25, 0.3) is 11.5 Å². The van der Waals surface area contributed by atoms with Gasteiger partial charge < -0.3 is 5.32 Å². The fraction of sp³-hybridized carbons (Fsp3) is 0.615. The molecule has 1 atom stereocenters. The van der Waals surface area contributed by atoms with Crippen LogP contribution in [0.4, 0.5) is 0 Å². The van der Waals surface area contributed by atoms with Gasteiger partial charge in [-0.1, -0.05) is 0 Å². The summed E-state index contributed by atoms with van der Waals surface area (Å²) in [6.07, 6.45) is 2.91. The van der Waals surface area contributed by atoms with Gasteiger partial charge >= 0.3 is 0 Å². The van der Waals surface area contributed by atoms with Crippen molar-refractivity contribution < 1.29 is 4.79 Å². The number of thioether (sulfide) groups is 1. The summed E-state index contributed by atoms with van der Waals surface area (Å²) in [5.74, 6) is 0.672. The second-order valence-electron chi connectivity index (χ2n) is 4.67. The summed E-state index contributed by atoms with van der Waals surface area (Å²) < 4.78 is 1.21. The average Bonchev–Trinajstić information content (AvgIpc) is 2.34. The molecule has 0 unspecified atom stereocenters. The Labute approximate surface area is 117 Å². The Kier molecular flexibility index (Phi) is 5.60. The predicted molar refractivity (Wildman–Crippen MR) is 78.9 cm³/mol. The standard InChI is InChI=1S/C13H21N3O2S/c1-8(6-7-19-5)14-12(17)11-9(2)10(3)15-16(4)13(11)18/h8H,6-7H2,1-5H3,(H,14,17)/t8-/m1/s1. The minimum absolute atomic E-state index is 0.0533. The van der Waals surface area contributed by atoms with Crippen LogP contribution in [0.1, 0.15) is 35.0 Å². The third-order valence-corrected chi connectivity index (χ3v) is 3.73. The zero-order valence-electron chi connectivity index (χ0n) is 12.1. The lowest BCUT2D eigenvalue weighted by Crippen LogP contribution is -2.39. The van der Waals surface area contributed by atoms with E-state index < -0.39 is 0 Å². The van der Waals surface area contributed by atoms with Crippen LogP contribution in [0, 0.1) is 13.8 Å². The number of carbonyl (C=O) groups is 1. The van der Waals surface area contributed by atoms with E-state index in [9.17, 15) is 9.59 Å². The molecule has 1 N–H and O–H groups in total. The average molecular weight is 283 g/mol. The van der Waals surface area contributed by atoms with Gasteiger partial charge in [-0.25, -0.2) is 4.68 Å². The third-order valence-electron chi connectivity index (χ3n) is 3.09. The van der Waals surface area contributed by atoms with Crippen molar-refractivity contribution >= 4 is 17.7 Å². The maximum absolute atomic E-state index is 12.2. The van der Waals surface area contributed by atoms with Gasteiger partial charge in [0.1, 0.15) is 5.56 Å². The Balaban J connectivity index is 2.97. The summed E-state index contributed by atoms with van der Waals surface area (Å²) in [5.41, 5.74) is 1.20. The SMILES string of the molecule is CSCC[C@@H](C)NC(=O)c1c(C)c(C)nn(C)c1=O. The van der Waals surface area contributed by atoms with Gasteiger partial charge in [0.05, 0.1) is 5.69 Å². The highest BCUT2D eigenvalue weighted by Crippen LogP contribution is 2.07. The number of aryl methyl sites for hydroxylation is 2. The van der Waals surface area contributed by atoms with E-state index in [4.69, 9.17) is 0 Å². The molecule has 5 nitrogen and oxygen atoms in total. The molecule has 1 aromatic rings. The molecule has 0 bridgehead atoms. The number of amides is 1. The predicted octanol–water partition coefficient (Wildman–Crippen LogP) is 1.27. The molecule has 0 aliphatic heterocycles. The van der Waals surface area contributed by atoms with E-state index in [1.807, 2.05) is 13.2 Å². The Morgan fingerprint density at radius 1 is 1.47 bits per heavy atom. The lowest BCUT2D eigenvalue weighted by molar-refractivity contribution is 0.0936. The largest absolute Gasteiger partial charge is 0.349 e. The highest BCUT2D eigenvalue weighted by Gasteiger charge is 2.19. The summed E-state index contributed by atoms with van der Waals surface area (Å²) in [5, 5.41) is 6.94. The summed E-state index contributed by atoms with van der Waals surface area (Å²) >= 11 is 1.74. The van der Waals surface area contributed by atoms with Crippen LogP contribution in [-0.2, 0) is 7.05 Å². The molecule has 0 spiro atoms. The molecule has 0 aliphatic carbocycles. The van der Waals surface area contributed by atoms with Crippen molar-refractivity contribution in [2.24, 2.45) is 7.05 Å². The zero-order valence-corrected chi connectivity index (χ0v) is 12.9. The first-order chi connectivity index (χ1) is 8.88. The Hall–Kier alpha value is -1.30. The third kappa shape index (κ3) is 3.83. The van der Waals surface area contributed by atoms with Crippen LogP contribution in [0.25, 0.3) is 0 Å². The molecule has 1 aromatic heterocycles. The smallest absolute Gasteiger partial charge is 0.279 e. The monoisotopic (exact) mass is 283 g/mol. The molecule has 0 saturated carbocycles. The number of carbonyl (C=O) groups excluding carboxylic acids is 1. The van der Waals surface area contributed by atoms with E-state index in [2.05, 4.69) is 10.4 Å². The molecule has 0 saturated heterocycles. The maximum atomic E-state index is 12.2. The Bertz CT molecular complexity index is 525. The highest BCUT2D eigenvalue weighted by molar-refractivity contribution is 7.98. The van der Waals surface area contributed by atoms with Crippen molar-refractivity contribution in [1.29, 1.82) is 0 Å². The van der Waals surface area contributed by atoms with E-state index in [-0.39, 0.29) is 23.1 Å². The van der Waals surface area contributed by atoms with Crippen LogP contribution in [0.3, 0.4) is 0 Å². The number of aromatic nitrogens is 2. The number of hydrogen-bond donors (Lipinski definition) is 1. The zero-order chi connectivity index (χ0) is 14.6. The lowest BCUT2D eigenvalue weighted by Gasteiger charge is -2.15. The molecule has 19 heavy (non-hydrogen) atoms. The van der Waals surface area contributed by atoms with Gasteiger partial charge in [-0.15, -0.1) is 0 Å². The van der Waals surface area contributed by atoms with Crippen LogP contribution in [-0.4, -0.2) is 33.7 Å². The quantitative estimate of drug-likeness (QED) is 0.884. The topological polar surface area (TPSA) is 64.0 Å². The van der Waals surface area contributed by atoms with E-state index in [1.54, 1.807) is 32.7 Å². The first kappa shape index (κ1) is 15.8. The molecule has 1 amide bonds. The van der Waals surface area contributed by atoms with Gasteiger partial charge in [0.2, 0.25) is 0 Å². The lowest BCUT2D eigenvalue weighted by atomic mass is 10.1. The van der Waals surface area contributed by atoms with Crippen molar-refractivity contribution in [2.75, 3.05) is 12.0 Å². The van der Waals surface area contributed by atoms with E-state index in [0.29, 0.717) is 11.3 Å². The van der Waals surface area contributed by atoms with Crippen LogP contribution < -0.4 is 10.9 Å². The van der Waals surface area contributed by atoms with Gasteiger partial charge in [-0.05, 0) is 44.8 Å². The van der Waals surface area contributed by atoms with Gasteiger partial charge in [0.15, 0.2) is 0 Å². The van der Waals surface area contributed by atoms with Crippen molar-refractivity contribution in [1.82, 2.24) is 15.1 Å². The van der Waals surface area contributed by atoms with Gasteiger partial charge in [-0.3, -0.25) is 9.59 Å². The molecular weight excluding hydrogens is 262 g/mol. The second-order valence-corrected chi connectivity index (χ2v) is 5.66. The molecule has 1 heterocycles. The second kappa shape index (κ2) is 6.75. The summed E-state index contributed by atoms with van der Waals surface area (Å²) in [4.78, 5) is 24.2. The van der Waals surface area contributed by atoms with Crippen LogP contribution in [0.2, 0.25) is 0 Å². The van der Waals surface area contributed by atoms with E-state index in [0.717, 1.165) is 12.2 Å². The van der Waals surface area contributed by atoms with Crippen LogP contribution in [0.5, 0.6) is 0 Å². The first-order valence-corrected chi connectivity index (χ1v) is 7.62. The summed E-state index contributed by atoms with van der Waals surface area (Å²) in [7, 11) is 1.56. The number of hydrogen-bond acceptors (Lipinski definition) is 4. The molecule has 0 aliphatic rings. The molecule has 1 rings (SSSR count). The summed E-state index contributed by atoms with van der Waals surface area (Å²) in [6.45, 7) is 5.50. The Morgan fingerprint density at radius 2 is 2.11 bits per heavy atom. The molecule has 0 radical (unpaired) electrons. The van der Waals surface area contributed by atoms with Crippen molar-refractivity contribution in [3.8, 4) is 0 Å². The van der Waals surface area contributed by atoms with Crippen molar-refractivity contribution in [3.63, 3.8) is 0 Å². The summed E-state index contributed by atoms with van der Waals surface area (Å²) in [6, 6.07) is 0.0533. The molecule has 6 heteroatoms. The normalized spacial score (nSPS) is 12.3. The van der Waals surface area contributed by atoms with Gasteiger partial charge in [0, 0.05) is 13.1 Å². The molecule has 106 valence electrons. The maximum Gasteiger partial charge on any atom is 0.279 e. The van der Waals surface area contributed by atoms with Crippen molar-refractivity contribution in [3.05, 3.63) is 27.2 Å². The first-order valence-electron chi connectivity index (χ1n) is 6.22. The van der Waals surface area contributed by atoms with Crippen LogP contribution >= 0.6 is 11.8 Å². The minimum Gasteiger partial charge on any atom is -0.349 e. The number of nitrogens with zero attached hydrogens (tertiary/aromatic N) is 2. The number of nitrogens with one attached hydrogen (secondary N) is 1. The Morgan fingerprint density at radius 3 is 2.68 bits per heavy atom. The molecule has 0 fully saturated rings. The van der Waals surface area contributed by atoms with Gasteiger partial charge in [-0.2, -0.15) is 16.9 Å². The molecule has 0 aromatic carbocycles. The fourth-order valence-electron chi connectivity index (χ4n) is 1.78. The number of rotatable bonds is 5. The van der Waals surface area contributed by atoms with Crippen molar-refractivity contribution in [2.45, 2.75) is 33.2 Å².